The molecule has 0 heterocycles. The molecule has 0 amide bonds. The van der Waals surface area contributed by atoms with Gasteiger partial charge in [0, 0.05) is 10.2 Å². The molecule has 1 N–H and O–H groups in total. The van der Waals surface area contributed by atoms with Gasteiger partial charge < -0.3 is 10.1 Å². The third-order valence-corrected chi connectivity index (χ3v) is 4.07. The fourth-order valence-electron chi connectivity index (χ4n) is 2.65. The Labute approximate surface area is 122 Å². The van der Waals surface area contributed by atoms with Crippen molar-refractivity contribution < 1.29 is 9.53 Å². The molecule has 1 aromatic rings. The van der Waals surface area contributed by atoms with Gasteiger partial charge in [0.2, 0.25) is 0 Å². The fraction of sp³-hybridized carbons (Fsp3) is 0.533. The topological polar surface area (TPSA) is 38.3 Å². The minimum atomic E-state index is -0.547. The van der Waals surface area contributed by atoms with Gasteiger partial charge >= 0.3 is 5.97 Å². The maximum atomic E-state index is 12.3. The van der Waals surface area contributed by atoms with Crippen molar-refractivity contribution >= 4 is 27.6 Å². The highest BCUT2D eigenvalue weighted by atomic mass is 79.9. The Morgan fingerprint density at radius 1 is 1.37 bits per heavy atom. The normalized spacial score (nSPS) is 17.8. The Morgan fingerprint density at radius 2 is 2.11 bits per heavy atom. The second-order valence-electron chi connectivity index (χ2n) is 5.00. The fourth-order valence-corrected chi connectivity index (χ4v) is 3.05. The molecule has 0 unspecified atom stereocenters. The van der Waals surface area contributed by atoms with Crippen LogP contribution in [-0.4, -0.2) is 18.1 Å². The van der Waals surface area contributed by atoms with E-state index in [1.54, 1.807) is 0 Å². The molecule has 0 aliphatic heterocycles. The van der Waals surface area contributed by atoms with Crippen molar-refractivity contribution in [1.29, 1.82) is 0 Å². The Bertz CT molecular complexity index is 442. The van der Waals surface area contributed by atoms with Crippen molar-refractivity contribution in [3.05, 3.63) is 28.7 Å². The molecular formula is C15H20BrNO2. The molecule has 1 aliphatic rings. The van der Waals surface area contributed by atoms with Gasteiger partial charge in [-0.15, -0.1) is 0 Å². The van der Waals surface area contributed by atoms with Gasteiger partial charge in [0.25, 0.3) is 0 Å². The van der Waals surface area contributed by atoms with Crippen LogP contribution < -0.4 is 5.32 Å². The number of anilines is 1. The molecule has 1 aliphatic carbocycles. The predicted molar refractivity (Wildman–Crippen MR) is 80.2 cm³/mol. The first-order valence-corrected chi connectivity index (χ1v) is 7.66. The quantitative estimate of drug-likeness (QED) is 0.846. The molecule has 1 saturated carbocycles. The summed E-state index contributed by atoms with van der Waals surface area (Å²) < 4.78 is 6.28. The van der Waals surface area contributed by atoms with Gasteiger partial charge in [0.05, 0.1) is 6.61 Å². The van der Waals surface area contributed by atoms with E-state index >= 15 is 0 Å². The Morgan fingerprint density at radius 3 is 2.74 bits per heavy atom. The number of carbonyl (C=O) groups is 1. The summed E-state index contributed by atoms with van der Waals surface area (Å²) in [6, 6.07) is 7.92. The molecule has 4 heteroatoms. The van der Waals surface area contributed by atoms with Crippen molar-refractivity contribution in [3.63, 3.8) is 0 Å². The van der Waals surface area contributed by atoms with E-state index in [9.17, 15) is 4.79 Å². The number of esters is 1. The molecule has 19 heavy (non-hydrogen) atoms. The predicted octanol–water partition coefficient (Wildman–Crippen LogP) is 4.13. The Hall–Kier alpha value is -1.03. The first-order chi connectivity index (χ1) is 9.16. The molecule has 1 aromatic carbocycles. The molecule has 0 atom stereocenters. The molecule has 0 aromatic heterocycles. The van der Waals surface area contributed by atoms with E-state index in [0.717, 1.165) is 35.8 Å². The Balaban J connectivity index is 2.20. The standard InChI is InChI=1S/C15H20BrNO2/c1-2-19-14(18)15(9-4-3-5-10-15)17-13-8-6-7-12(16)11-13/h6-8,11,17H,2-5,9-10H2,1H3. The summed E-state index contributed by atoms with van der Waals surface area (Å²) in [5, 5.41) is 3.42. The number of halogens is 1. The first kappa shape index (κ1) is 14.4. The van der Waals surface area contributed by atoms with Crippen molar-refractivity contribution in [3.8, 4) is 0 Å². The molecule has 1 fully saturated rings. The SMILES string of the molecule is CCOC(=O)C1(Nc2cccc(Br)c2)CCCCC1. The monoisotopic (exact) mass is 325 g/mol. The third kappa shape index (κ3) is 3.50. The van der Waals surface area contributed by atoms with Crippen molar-refractivity contribution in [2.75, 3.05) is 11.9 Å². The van der Waals surface area contributed by atoms with Gasteiger partial charge in [-0.05, 0) is 38.0 Å². The molecule has 0 radical (unpaired) electrons. The average molecular weight is 326 g/mol. The van der Waals surface area contributed by atoms with Gasteiger partial charge in [0.1, 0.15) is 5.54 Å². The molecule has 0 spiro atoms. The molecule has 0 saturated heterocycles. The lowest BCUT2D eigenvalue weighted by Gasteiger charge is -2.36. The highest BCUT2D eigenvalue weighted by Gasteiger charge is 2.40. The summed E-state index contributed by atoms with van der Waals surface area (Å²) in [5.41, 5.74) is 0.416. The molecule has 3 nitrogen and oxygen atoms in total. The minimum absolute atomic E-state index is 0.116. The van der Waals surface area contributed by atoms with Gasteiger partial charge in [-0.1, -0.05) is 41.3 Å². The number of hydrogen-bond acceptors (Lipinski definition) is 3. The number of nitrogens with one attached hydrogen (secondary N) is 1. The van der Waals surface area contributed by atoms with Crippen LogP contribution >= 0.6 is 15.9 Å². The van der Waals surface area contributed by atoms with Crippen LogP contribution in [0.15, 0.2) is 28.7 Å². The maximum absolute atomic E-state index is 12.3. The summed E-state index contributed by atoms with van der Waals surface area (Å²) in [6.07, 6.45) is 5.03. The van der Waals surface area contributed by atoms with Gasteiger partial charge in [0.15, 0.2) is 0 Å². The zero-order valence-electron chi connectivity index (χ0n) is 11.2. The second kappa shape index (κ2) is 6.42. The van der Waals surface area contributed by atoms with Crippen LogP contribution in [0.2, 0.25) is 0 Å². The van der Waals surface area contributed by atoms with Gasteiger partial charge in [-0.2, -0.15) is 0 Å². The minimum Gasteiger partial charge on any atom is -0.464 e. The lowest BCUT2D eigenvalue weighted by Crippen LogP contribution is -2.49. The van der Waals surface area contributed by atoms with Crippen LogP contribution in [0.4, 0.5) is 5.69 Å². The summed E-state index contributed by atoms with van der Waals surface area (Å²) in [6.45, 7) is 2.29. The van der Waals surface area contributed by atoms with Crippen LogP contribution in [0, 0.1) is 0 Å². The molecule has 0 bridgehead atoms. The van der Waals surface area contributed by atoms with Crippen molar-refractivity contribution in [2.45, 2.75) is 44.6 Å². The smallest absolute Gasteiger partial charge is 0.331 e. The van der Waals surface area contributed by atoms with Gasteiger partial charge in [-0.3, -0.25) is 0 Å². The lowest BCUT2D eigenvalue weighted by molar-refractivity contribution is -0.149. The number of hydrogen-bond donors (Lipinski definition) is 1. The molecule has 104 valence electrons. The van der Waals surface area contributed by atoms with Crippen molar-refractivity contribution in [1.82, 2.24) is 0 Å². The van der Waals surface area contributed by atoms with E-state index in [-0.39, 0.29) is 5.97 Å². The van der Waals surface area contributed by atoms with E-state index in [1.807, 2.05) is 31.2 Å². The zero-order chi connectivity index (χ0) is 13.7. The molecule has 2 rings (SSSR count). The third-order valence-electron chi connectivity index (χ3n) is 3.58. The molecular weight excluding hydrogens is 306 g/mol. The van der Waals surface area contributed by atoms with E-state index in [1.165, 1.54) is 6.42 Å². The van der Waals surface area contributed by atoms with E-state index in [2.05, 4.69) is 21.2 Å². The summed E-state index contributed by atoms with van der Waals surface area (Å²) >= 11 is 3.46. The van der Waals surface area contributed by atoms with Gasteiger partial charge in [-0.25, -0.2) is 4.79 Å². The summed E-state index contributed by atoms with van der Waals surface area (Å²) in [4.78, 5) is 12.3. The average Bonchev–Trinajstić information content (AvgIpc) is 2.40. The lowest BCUT2D eigenvalue weighted by atomic mass is 9.81. The number of carbonyl (C=O) groups excluding carboxylic acids is 1. The zero-order valence-corrected chi connectivity index (χ0v) is 12.8. The first-order valence-electron chi connectivity index (χ1n) is 6.87. The maximum Gasteiger partial charge on any atom is 0.331 e. The van der Waals surface area contributed by atoms with Crippen LogP contribution in [-0.2, 0) is 9.53 Å². The van der Waals surface area contributed by atoms with Crippen LogP contribution in [0.1, 0.15) is 39.0 Å². The summed E-state index contributed by atoms with van der Waals surface area (Å²) in [5.74, 6) is -0.116. The number of ether oxygens (including phenoxy) is 1. The Kier molecular flexibility index (Phi) is 4.86. The highest BCUT2D eigenvalue weighted by molar-refractivity contribution is 9.10. The largest absolute Gasteiger partial charge is 0.464 e. The number of benzene rings is 1. The van der Waals surface area contributed by atoms with Crippen molar-refractivity contribution in [2.24, 2.45) is 0 Å². The van der Waals surface area contributed by atoms with E-state index in [4.69, 9.17) is 4.74 Å². The van der Waals surface area contributed by atoms with Crippen LogP contribution in [0.5, 0.6) is 0 Å². The highest BCUT2D eigenvalue weighted by Crippen LogP contribution is 2.33. The van der Waals surface area contributed by atoms with E-state index in [0.29, 0.717) is 6.61 Å². The van der Waals surface area contributed by atoms with Crippen LogP contribution in [0.25, 0.3) is 0 Å². The second-order valence-corrected chi connectivity index (χ2v) is 5.91. The van der Waals surface area contributed by atoms with E-state index < -0.39 is 5.54 Å². The summed E-state index contributed by atoms with van der Waals surface area (Å²) in [7, 11) is 0. The number of rotatable bonds is 4. The van der Waals surface area contributed by atoms with Crippen LogP contribution in [0.3, 0.4) is 0 Å².